The fourth-order valence-electron chi connectivity index (χ4n) is 3.85. The highest BCUT2D eigenvalue weighted by Gasteiger charge is 2.47. The van der Waals surface area contributed by atoms with Crippen LogP contribution in [0.1, 0.15) is 51.1 Å². The van der Waals surface area contributed by atoms with E-state index in [0.717, 1.165) is 19.3 Å². The molecular weight excluding hydrogens is 276 g/mol. The highest BCUT2D eigenvalue weighted by atomic mass is 19.3. The normalized spacial score (nSPS) is 29.0. The molecule has 0 unspecified atom stereocenters. The number of rotatable bonds is 5. The van der Waals surface area contributed by atoms with Gasteiger partial charge >= 0.3 is 0 Å². The van der Waals surface area contributed by atoms with Crippen molar-refractivity contribution in [3.05, 3.63) is 18.1 Å². The van der Waals surface area contributed by atoms with Gasteiger partial charge in [-0.2, -0.15) is 0 Å². The molecule has 2 aliphatic heterocycles. The molecule has 2 aliphatic rings. The van der Waals surface area contributed by atoms with Crippen LogP contribution in [0.15, 0.2) is 12.4 Å². The van der Waals surface area contributed by atoms with E-state index in [1.54, 1.807) is 0 Å². The van der Waals surface area contributed by atoms with Gasteiger partial charge in [-0.25, -0.2) is 18.7 Å². The Morgan fingerprint density at radius 2 is 2.29 bits per heavy atom. The fraction of sp³-hybridized carbons (Fsp3) is 0.733. The summed E-state index contributed by atoms with van der Waals surface area (Å²) in [6, 6.07) is 1.61. The molecule has 21 heavy (non-hydrogen) atoms. The largest absolute Gasteiger partial charge is 0.476 e. The van der Waals surface area contributed by atoms with Crippen molar-refractivity contribution in [2.24, 2.45) is 0 Å². The molecule has 0 saturated carbocycles. The lowest BCUT2D eigenvalue weighted by molar-refractivity contribution is 0.108. The third kappa shape index (κ3) is 2.73. The van der Waals surface area contributed by atoms with Gasteiger partial charge in [-0.1, -0.05) is 6.92 Å². The van der Waals surface area contributed by atoms with Gasteiger partial charge in [0, 0.05) is 17.6 Å². The van der Waals surface area contributed by atoms with E-state index in [-0.39, 0.29) is 11.6 Å². The van der Waals surface area contributed by atoms with E-state index < -0.39 is 6.43 Å². The van der Waals surface area contributed by atoms with Crippen LogP contribution < -0.4 is 4.74 Å². The molecule has 1 aromatic rings. The molecule has 3 rings (SSSR count). The van der Waals surface area contributed by atoms with Crippen molar-refractivity contribution in [3.63, 3.8) is 0 Å². The minimum Gasteiger partial charge on any atom is -0.476 e. The molecule has 0 N–H and O–H groups in total. The van der Waals surface area contributed by atoms with Gasteiger partial charge < -0.3 is 4.74 Å². The van der Waals surface area contributed by atoms with Gasteiger partial charge in [0.15, 0.2) is 0 Å². The van der Waals surface area contributed by atoms with E-state index in [9.17, 15) is 8.78 Å². The molecule has 0 aliphatic carbocycles. The van der Waals surface area contributed by atoms with Crippen molar-refractivity contribution in [2.45, 2.75) is 57.0 Å². The Morgan fingerprint density at radius 1 is 1.43 bits per heavy atom. The summed E-state index contributed by atoms with van der Waals surface area (Å²) in [5.41, 5.74) is 0.0730. The van der Waals surface area contributed by atoms with Crippen molar-refractivity contribution in [2.75, 3.05) is 13.2 Å². The Kier molecular flexibility index (Phi) is 4.06. The molecule has 0 spiro atoms. The summed E-state index contributed by atoms with van der Waals surface area (Å²) in [4.78, 5) is 10.0. The van der Waals surface area contributed by atoms with Crippen LogP contribution >= 0.6 is 0 Å². The van der Waals surface area contributed by atoms with E-state index in [2.05, 4.69) is 21.8 Å². The van der Waals surface area contributed by atoms with Gasteiger partial charge in [0.25, 0.3) is 6.43 Å². The summed E-state index contributed by atoms with van der Waals surface area (Å²) < 4.78 is 30.9. The maximum atomic E-state index is 12.6. The Hall–Kier alpha value is -1.30. The number of halogens is 2. The molecule has 116 valence electrons. The maximum absolute atomic E-state index is 12.6. The second kappa shape index (κ2) is 5.83. The Morgan fingerprint density at radius 3 is 3.05 bits per heavy atom. The summed E-state index contributed by atoms with van der Waals surface area (Å²) in [5.74, 6) is 0.244. The molecule has 2 saturated heterocycles. The lowest BCUT2D eigenvalue weighted by Gasteiger charge is -2.34. The highest BCUT2D eigenvalue weighted by Crippen LogP contribution is 2.44. The van der Waals surface area contributed by atoms with E-state index in [1.807, 2.05) is 0 Å². The molecule has 0 aromatic carbocycles. The van der Waals surface area contributed by atoms with Crippen molar-refractivity contribution in [1.29, 1.82) is 0 Å². The first kappa shape index (κ1) is 14.6. The lowest BCUT2D eigenvalue weighted by atomic mass is 9.91. The smallest absolute Gasteiger partial charge is 0.280 e. The zero-order valence-electron chi connectivity index (χ0n) is 12.3. The average molecular weight is 297 g/mol. The summed E-state index contributed by atoms with van der Waals surface area (Å²) in [6.07, 6.45) is 4.55. The van der Waals surface area contributed by atoms with Gasteiger partial charge in [0.2, 0.25) is 5.88 Å². The first-order valence-corrected chi connectivity index (χ1v) is 7.64. The van der Waals surface area contributed by atoms with Crippen LogP contribution in [0.5, 0.6) is 5.88 Å². The van der Waals surface area contributed by atoms with Crippen LogP contribution in [0.25, 0.3) is 0 Å². The Balaban J connectivity index is 1.62. The number of alkyl halides is 2. The Labute approximate surface area is 123 Å². The molecular formula is C15H21F2N3O. The number of nitrogens with zero attached hydrogens (tertiary/aromatic N) is 3. The topological polar surface area (TPSA) is 38.2 Å². The van der Waals surface area contributed by atoms with E-state index in [4.69, 9.17) is 4.74 Å². The SMILES string of the molecule is CC[C@@]12CCCN1[C@H](COc1cc(C(F)F)ncn1)CC2. The standard InChI is InChI=1S/C15H21F2N3O/c1-2-15-5-3-7-20(15)11(4-6-15)9-21-13-8-12(14(16)17)18-10-19-13/h8,10-11,14H,2-7,9H2,1H3/t11-,15-/m0/s1. The van der Waals surface area contributed by atoms with Crippen LogP contribution in [-0.4, -0.2) is 39.6 Å². The molecule has 6 heteroatoms. The molecule has 2 atom stereocenters. The van der Waals surface area contributed by atoms with Crippen molar-refractivity contribution >= 4 is 0 Å². The van der Waals surface area contributed by atoms with Crippen LogP contribution in [0.3, 0.4) is 0 Å². The molecule has 0 radical (unpaired) electrons. The number of ether oxygens (including phenoxy) is 1. The number of hydrogen-bond donors (Lipinski definition) is 0. The molecule has 3 heterocycles. The minimum absolute atomic E-state index is 0.244. The first-order chi connectivity index (χ1) is 10.1. The Bertz CT molecular complexity index is 500. The van der Waals surface area contributed by atoms with Crippen molar-refractivity contribution in [3.8, 4) is 5.88 Å². The first-order valence-electron chi connectivity index (χ1n) is 7.64. The summed E-state index contributed by atoms with van der Waals surface area (Å²) in [7, 11) is 0. The zero-order valence-corrected chi connectivity index (χ0v) is 12.3. The van der Waals surface area contributed by atoms with Crippen LogP contribution in [-0.2, 0) is 0 Å². The predicted molar refractivity (Wildman–Crippen MR) is 74.5 cm³/mol. The second-order valence-electron chi connectivity index (χ2n) is 5.96. The highest BCUT2D eigenvalue weighted by molar-refractivity contribution is 5.14. The molecule has 0 amide bonds. The average Bonchev–Trinajstić information content (AvgIpc) is 3.05. The minimum atomic E-state index is -2.59. The number of fused-ring (bicyclic) bond motifs is 1. The quantitative estimate of drug-likeness (QED) is 0.836. The van der Waals surface area contributed by atoms with Crippen LogP contribution in [0, 0.1) is 0 Å². The summed E-state index contributed by atoms with van der Waals surface area (Å²) in [5, 5.41) is 0. The molecule has 4 nitrogen and oxygen atoms in total. The van der Waals surface area contributed by atoms with E-state index in [0.29, 0.717) is 18.2 Å². The third-order valence-electron chi connectivity index (χ3n) is 5.00. The zero-order chi connectivity index (χ0) is 14.9. The number of aromatic nitrogens is 2. The van der Waals surface area contributed by atoms with E-state index >= 15 is 0 Å². The maximum Gasteiger partial charge on any atom is 0.280 e. The van der Waals surface area contributed by atoms with Crippen molar-refractivity contribution < 1.29 is 13.5 Å². The van der Waals surface area contributed by atoms with E-state index in [1.165, 1.54) is 31.7 Å². The molecule has 2 fully saturated rings. The fourth-order valence-corrected chi connectivity index (χ4v) is 3.85. The second-order valence-corrected chi connectivity index (χ2v) is 5.96. The monoisotopic (exact) mass is 297 g/mol. The molecule has 1 aromatic heterocycles. The van der Waals surface area contributed by atoms with Gasteiger partial charge in [0.05, 0.1) is 0 Å². The van der Waals surface area contributed by atoms with Crippen molar-refractivity contribution in [1.82, 2.24) is 14.9 Å². The van der Waals surface area contributed by atoms with Gasteiger partial charge in [-0.15, -0.1) is 0 Å². The summed E-state index contributed by atoms with van der Waals surface area (Å²) in [6.45, 7) is 3.89. The lowest BCUT2D eigenvalue weighted by Crippen LogP contribution is -2.43. The van der Waals surface area contributed by atoms with Gasteiger partial charge in [-0.3, -0.25) is 4.90 Å². The molecule has 0 bridgehead atoms. The third-order valence-corrected chi connectivity index (χ3v) is 5.00. The van der Waals surface area contributed by atoms with Gasteiger partial charge in [0.1, 0.15) is 18.6 Å². The summed E-state index contributed by atoms with van der Waals surface area (Å²) >= 11 is 0. The van der Waals surface area contributed by atoms with Crippen LogP contribution in [0.2, 0.25) is 0 Å². The van der Waals surface area contributed by atoms with Gasteiger partial charge in [-0.05, 0) is 38.6 Å². The predicted octanol–water partition coefficient (Wildman–Crippen LogP) is 3.20. The van der Waals surface area contributed by atoms with Crippen LogP contribution in [0.4, 0.5) is 8.78 Å². The number of hydrogen-bond acceptors (Lipinski definition) is 4.